The van der Waals surface area contributed by atoms with Gasteiger partial charge in [-0.2, -0.15) is 0 Å². The number of esters is 3. The lowest BCUT2D eigenvalue weighted by molar-refractivity contribution is -0.167. The van der Waals surface area contributed by atoms with Gasteiger partial charge in [0.2, 0.25) is 0 Å². The molecule has 0 N–H and O–H groups in total. The molecule has 0 aromatic heterocycles. The average Bonchev–Trinajstić information content (AvgIpc) is 3.39. The molecular formula is C67H112O6. The summed E-state index contributed by atoms with van der Waals surface area (Å²) in [6.07, 6.45) is 82.4. The van der Waals surface area contributed by atoms with Crippen LogP contribution in [0, 0.1) is 0 Å². The molecular weight excluding hydrogens is 901 g/mol. The monoisotopic (exact) mass is 1010 g/mol. The summed E-state index contributed by atoms with van der Waals surface area (Å²) in [6, 6.07) is 0. The van der Waals surface area contributed by atoms with Gasteiger partial charge in [-0.05, 0) is 103 Å². The average molecular weight is 1010 g/mol. The fraction of sp³-hybridized carbons (Fsp3) is 0.687. The normalized spacial score (nSPS) is 12.9. The summed E-state index contributed by atoms with van der Waals surface area (Å²) in [7, 11) is 0. The maximum Gasteiger partial charge on any atom is 0.306 e. The smallest absolute Gasteiger partial charge is 0.306 e. The molecule has 0 saturated carbocycles. The first kappa shape index (κ1) is 69.1. The lowest BCUT2D eigenvalue weighted by Crippen LogP contribution is -2.30. The molecule has 0 aromatic carbocycles. The van der Waals surface area contributed by atoms with Crippen LogP contribution in [0.3, 0.4) is 0 Å². The van der Waals surface area contributed by atoms with E-state index in [1.54, 1.807) is 0 Å². The molecule has 0 bridgehead atoms. The van der Waals surface area contributed by atoms with E-state index in [9.17, 15) is 14.4 Å². The Morgan fingerprint density at radius 2 is 0.562 bits per heavy atom. The highest BCUT2D eigenvalue weighted by Gasteiger charge is 2.19. The van der Waals surface area contributed by atoms with E-state index < -0.39 is 6.10 Å². The third-order valence-corrected chi connectivity index (χ3v) is 12.7. The Bertz CT molecular complexity index is 1490. The van der Waals surface area contributed by atoms with Crippen molar-refractivity contribution >= 4 is 17.9 Å². The summed E-state index contributed by atoms with van der Waals surface area (Å²) in [5, 5.41) is 0. The summed E-state index contributed by atoms with van der Waals surface area (Å²) < 4.78 is 16.8. The number of carbonyl (C=O) groups is 3. The second-order valence-corrected chi connectivity index (χ2v) is 19.9. The molecule has 0 aliphatic heterocycles. The lowest BCUT2D eigenvalue weighted by Gasteiger charge is -2.18. The van der Waals surface area contributed by atoms with Crippen molar-refractivity contribution in [3.63, 3.8) is 0 Å². The molecule has 416 valence electrons. The third kappa shape index (κ3) is 58.8. The molecule has 0 aliphatic carbocycles. The van der Waals surface area contributed by atoms with Gasteiger partial charge >= 0.3 is 17.9 Å². The van der Waals surface area contributed by atoms with Crippen molar-refractivity contribution in [1.29, 1.82) is 0 Å². The lowest BCUT2D eigenvalue weighted by atomic mass is 10.0. The van der Waals surface area contributed by atoms with Gasteiger partial charge in [0.1, 0.15) is 13.2 Å². The predicted molar refractivity (Wildman–Crippen MR) is 316 cm³/mol. The summed E-state index contributed by atoms with van der Waals surface area (Å²) in [6.45, 7) is 6.45. The van der Waals surface area contributed by atoms with Crippen molar-refractivity contribution in [2.24, 2.45) is 0 Å². The first-order chi connectivity index (χ1) is 36.0. The van der Waals surface area contributed by atoms with Crippen LogP contribution in [0.1, 0.15) is 278 Å². The fourth-order valence-electron chi connectivity index (χ4n) is 8.23. The first-order valence-electron chi connectivity index (χ1n) is 30.4. The van der Waals surface area contributed by atoms with E-state index in [-0.39, 0.29) is 31.1 Å². The van der Waals surface area contributed by atoms with E-state index in [1.165, 1.54) is 109 Å². The largest absolute Gasteiger partial charge is 0.462 e. The van der Waals surface area contributed by atoms with Gasteiger partial charge in [0.15, 0.2) is 6.10 Å². The van der Waals surface area contributed by atoms with Gasteiger partial charge in [0, 0.05) is 19.3 Å². The Morgan fingerprint density at radius 1 is 0.288 bits per heavy atom. The van der Waals surface area contributed by atoms with Crippen molar-refractivity contribution in [2.75, 3.05) is 13.2 Å². The minimum atomic E-state index is -0.782. The number of hydrogen-bond acceptors (Lipinski definition) is 6. The minimum absolute atomic E-state index is 0.0830. The van der Waals surface area contributed by atoms with Gasteiger partial charge in [0.25, 0.3) is 0 Å². The van der Waals surface area contributed by atoms with Gasteiger partial charge in [-0.3, -0.25) is 14.4 Å². The van der Waals surface area contributed by atoms with Crippen LogP contribution in [-0.4, -0.2) is 37.2 Å². The first-order valence-corrected chi connectivity index (χ1v) is 30.4. The van der Waals surface area contributed by atoms with Crippen LogP contribution in [0.2, 0.25) is 0 Å². The van der Waals surface area contributed by atoms with Crippen molar-refractivity contribution in [3.8, 4) is 0 Å². The zero-order valence-corrected chi connectivity index (χ0v) is 47.6. The molecule has 0 radical (unpaired) electrons. The van der Waals surface area contributed by atoms with E-state index >= 15 is 0 Å². The van der Waals surface area contributed by atoms with Crippen molar-refractivity contribution in [1.82, 2.24) is 0 Å². The van der Waals surface area contributed by atoms with Crippen LogP contribution in [0.15, 0.2) is 109 Å². The van der Waals surface area contributed by atoms with Crippen LogP contribution < -0.4 is 0 Å². The quantitative estimate of drug-likeness (QED) is 0.0261. The van der Waals surface area contributed by atoms with Crippen LogP contribution in [0.4, 0.5) is 0 Å². The molecule has 73 heavy (non-hydrogen) atoms. The van der Waals surface area contributed by atoms with E-state index in [2.05, 4.69) is 130 Å². The highest BCUT2D eigenvalue weighted by molar-refractivity contribution is 5.71. The Hall–Kier alpha value is -3.93. The van der Waals surface area contributed by atoms with Crippen molar-refractivity contribution in [2.45, 2.75) is 284 Å². The highest BCUT2D eigenvalue weighted by Crippen LogP contribution is 2.15. The molecule has 0 fully saturated rings. The zero-order chi connectivity index (χ0) is 52.9. The summed E-state index contributed by atoms with van der Waals surface area (Å²) in [5.41, 5.74) is 0. The molecule has 0 rings (SSSR count). The Kier molecular flexibility index (Phi) is 57.4. The number of unbranched alkanes of at least 4 members (excludes halogenated alkanes) is 25. The van der Waals surface area contributed by atoms with Crippen molar-refractivity contribution in [3.05, 3.63) is 109 Å². The molecule has 0 heterocycles. The number of rotatable bonds is 54. The number of allylic oxidation sites excluding steroid dienone is 18. The molecule has 0 aromatic rings. The van der Waals surface area contributed by atoms with E-state index in [0.29, 0.717) is 19.3 Å². The van der Waals surface area contributed by atoms with Crippen LogP contribution in [0.25, 0.3) is 0 Å². The number of hydrogen-bond donors (Lipinski definition) is 0. The van der Waals surface area contributed by atoms with E-state index in [4.69, 9.17) is 14.2 Å². The maximum atomic E-state index is 12.8. The molecule has 0 spiro atoms. The van der Waals surface area contributed by atoms with Gasteiger partial charge in [-0.25, -0.2) is 0 Å². The maximum absolute atomic E-state index is 12.8. The number of carbonyl (C=O) groups excluding carboxylic acids is 3. The molecule has 0 saturated heterocycles. The molecule has 0 amide bonds. The topological polar surface area (TPSA) is 78.9 Å². The van der Waals surface area contributed by atoms with Gasteiger partial charge < -0.3 is 14.2 Å². The number of ether oxygens (including phenoxy) is 3. The summed E-state index contributed by atoms with van der Waals surface area (Å²) >= 11 is 0. The minimum Gasteiger partial charge on any atom is -0.462 e. The van der Waals surface area contributed by atoms with Crippen LogP contribution in [-0.2, 0) is 28.6 Å². The zero-order valence-electron chi connectivity index (χ0n) is 47.6. The summed E-state index contributed by atoms with van der Waals surface area (Å²) in [5.74, 6) is -0.899. The van der Waals surface area contributed by atoms with E-state index in [1.807, 2.05) is 0 Å². The SMILES string of the molecule is CC/C=C\C/C=C\C/C=C\C/C=C\C/C=C\C/C=C\C/C=C\C/C=C\CCCCCCCCCCC(=O)OCC(COC(=O)CCCCCCC/C=C\CCC)OC(=O)CCCCCCCCCCCCCC. The van der Waals surface area contributed by atoms with Crippen LogP contribution >= 0.6 is 0 Å². The molecule has 6 heteroatoms. The molecule has 1 unspecified atom stereocenters. The molecule has 6 nitrogen and oxygen atoms in total. The van der Waals surface area contributed by atoms with E-state index in [0.717, 1.165) is 128 Å². The highest BCUT2D eigenvalue weighted by atomic mass is 16.6. The fourth-order valence-corrected chi connectivity index (χ4v) is 8.23. The Labute approximate surface area is 450 Å². The van der Waals surface area contributed by atoms with Crippen LogP contribution in [0.5, 0.6) is 0 Å². The summed E-state index contributed by atoms with van der Waals surface area (Å²) in [4.78, 5) is 38.0. The third-order valence-electron chi connectivity index (χ3n) is 12.7. The van der Waals surface area contributed by atoms with Gasteiger partial charge in [-0.1, -0.05) is 265 Å². The Balaban J connectivity index is 4.17. The van der Waals surface area contributed by atoms with Gasteiger partial charge in [-0.15, -0.1) is 0 Å². The molecule has 0 aliphatic rings. The predicted octanol–water partition coefficient (Wildman–Crippen LogP) is 20.7. The molecule has 1 atom stereocenters. The van der Waals surface area contributed by atoms with Gasteiger partial charge in [0.05, 0.1) is 0 Å². The standard InChI is InChI=1S/C67H112O6/c1-4-7-10-13-16-19-22-24-25-26-27-28-29-30-31-32-33-34-35-36-37-38-39-40-41-42-43-44-46-48-51-54-57-60-66(69)72-63-64(62-71-65(68)59-56-53-50-47-21-18-15-12-9-6-3)73-67(70)61-58-55-52-49-45-23-20-17-14-11-8-5-2/h7,10,12,15-16,19,24-25,27-28,30-31,33-34,36-37,39-40,64H,4-6,8-9,11,13-14,17-18,20-23,26,29,32,35,38,41-63H2,1-3H3/b10-7-,15-12-,19-16-,25-24-,28-27-,31-30-,34-33-,37-36-,40-39-. The van der Waals surface area contributed by atoms with Crippen molar-refractivity contribution < 1.29 is 28.6 Å². The Morgan fingerprint density at radius 3 is 0.904 bits per heavy atom. The second-order valence-electron chi connectivity index (χ2n) is 19.9. The second kappa shape index (κ2) is 60.6.